The van der Waals surface area contributed by atoms with Crippen molar-refractivity contribution in [3.05, 3.63) is 29.8 Å². The minimum atomic E-state index is -4.18. The summed E-state index contributed by atoms with van der Waals surface area (Å²) in [6, 6.07) is 5.99. The van der Waals surface area contributed by atoms with Gasteiger partial charge in [0.05, 0.1) is 4.90 Å². The molecule has 0 aromatic heterocycles. The predicted molar refractivity (Wildman–Crippen MR) is 75.4 cm³/mol. The van der Waals surface area contributed by atoms with Crippen molar-refractivity contribution < 1.29 is 22.9 Å². The van der Waals surface area contributed by atoms with Gasteiger partial charge in [0.25, 0.3) is 10.1 Å². The quantitative estimate of drug-likeness (QED) is 0.720. The van der Waals surface area contributed by atoms with E-state index in [0.717, 1.165) is 24.8 Å². The van der Waals surface area contributed by atoms with E-state index in [2.05, 4.69) is 6.92 Å². The van der Waals surface area contributed by atoms with Gasteiger partial charge in [-0.25, -0.2) is 0 Å². The zero-order valence-corrected chi connectivity index (χ0v) is 12.3. The van der Waals surface area contributed by atoms with E-state index >= 15 is 0 Å². The molecule has 1 atom stereocenters. The monoisotopic (exact) mass is 300 g/mol. The Morgan fingerprint density at radius 2 is 1.80 bits per heavy atom. The highest BCUT2D eigenvalue weighted by Crippen LogP contribution is 2.28. The lowest BCUT2D eigenvalue weighted by Crippen LogP contribution is -2.05. The first kappa shape index (κ1) is 16.7. The van der Waals surface area contributed by atoms with E-state index in [-0.39, 0.29) is 17.2 Å². The second kappa shape index (κ2) is 7.40. The van der Waals surface area contributed by atoms with Crippen LogP contribution in [0.3, 0.4) is 0 Å². The first-order valence-corrected chi connectivity index (χ1v) is 8.08. The summed E-state index contributed by atoms with van der Waals surface area (Å²) in [6.45, 7) is 2.07. The van der Waals surface area contributed by atoms with Crippen LogP contribution in [0.5, 0.6) is 0 Å². The van der Waals surface area contributed by atoms with Gasteiger partial charge in [0.15, 0.2) is 0 Å². The van der Waals surface area contributed by atoms with Crippen molar-refractivity contribution in [2.75, 3.05) is 0 Å². The summed E-state index contributed by atoms with van der Waals surface area (Å²) in [5, 5.41) is 8.77. The summed E-state index contributed by atoms with van der Waals surface area (Å²) in [6.07, 6.45) is 3.50. The van der Waals surface area contributed by atoms with Gasteiger partial charge in [-0.3, -0.25) is 9.35 Å². The fraction of sp³-hybridized carbons (Fsp3) is 0.500. The molecule has 0 bridgehead atoms. The minimum absolute atomic E-state index is 0.0917. The van der Waals surface area contributed by atoms with Crippen LogP contribution in [0.1, 0.15) is 50.5 Å². The molecule has 0 spiro atoms. The molecule has 1 unspecified atom stereocenters. The maximum Gasteiger partial charge on any atom is 0.303 e. The molecular weight excluding hydrogens is 280 g/mol. The Kier molecular flexibility index (Phi) is 6.16. The molecule has 0 saturated heterocycles. The second-order valence-electron chi connectivity index (χ2n) is 4.82. The third kappa shape index (κ3) is 5.30. The van der Waals surface area contributed by atoms with Crippen molar-refractivity contribution in [1.29, 1.82) is 0 Å². The first-order valence-electron chi connectivity index (χ1n) is 6.63. The van der Waals surface area contributed by atoms with Gasteiger partial charge in [0, 0.05) is 6.42 Å². The summed E-state index contributed by atoms with van der Waals surface area (Å²) in [4.78, 5) is 10.5. The van der Waals surface area contributed by atoms with Crippen LogP contribution in [0, 0.1) is 0 Å². The highest BCUT2D eigenvalue weighted by Gasteiger charge is 2.15. The van der Waals surface area contributed by atoms with E-state index in [4.69, 9.17) is 9.66 Å². The summed E-state index contributed by atoms with van der Waals surface area (Å²) in [5.74, 6) is -0.734. The summed E-state index contributed by atoms with van der Waals surface area (Å²) in [7, 11) is -4.18. The van der Waals surface area contributed by atoms with Crippen LogP contribution in [0.2, 0.25) is 0 Å². The molecule has 1 aromatic rings. The molecule has 0 aliphatic heterocycles. The number of benzene rings is 1. The molecule has 0 heterocycles. The molecule has 112 valence electrons. The van der Waals surface area contributed by atoms with Gasteiger partial charge in [-0.05, 0) is 36.5 Å². The number of rotatable bonds is 8. The highest BCUT2D eigenvalue weighted by atomic mass is 32.2. The Labute approximate surface area is 119 Å². The van der Waals surface area contributed by atoms with E-state index in [0.29, 0.717) is 6.42 Å². The lowest BCUT2D eigenvalue weighted by atomic mass is 9.89. The van der Waals surface area contributed by atoms with Crippen molar-refractivity contribution in [2.24, 2.45) is 0 Å². The van der Waals surface area contributed by atoms with E-state index in [1.807, 2.05) is 0 Å². The molecule has 0 saturated carbocycles. The Morgan fingerprint density at radius 3 is 2.25 bits per heavy atom. The van der Waals surface area contributed by atoms with Crippen LogP contribution in [-0.4, -0.2) is 24.0 Å². The van der Waals surface area contributed by atoms with Crippen LogP contribution < -0.4 is 0 Å². The van der Waals surface area contributed by atoms with Gasteiger partial charge >= 0.3 is 5.97 Å². The van der Waals surface area contributed by atoms with Crippen molar-refractivity contribution in [2.45, 2.75) is 49.8 Å². The molecule has 0 radical (unpaired) electrons. The van der Waals surface area contributed by atoms with Gasteiger partial charge < -0.3 is 5.11 Å². The van der Waals surface area contributed by atoms with E-state index < -0.39 is 16.1 Å². The van der Waals surface area contributed by atoms with Crippen molar-refractivity contribution in [3.8, 4) is 0 Å². The molecule has 2 N–H and O–H groups in total. The Balaban J connectivity index is 2.86. The Hall–Kier alpha value is -1.40. The maximum absolute atomic E-state index is 11.0. The topological polar surface area (TPSA) is 91.7 Å². The van der Waals surface area contributed by atoms with Crippen molar-refractivity contribution in [3.63, 3.8) is 0 Å². The van der Waals surface area contributed by atoms with Crippen LogP contribution in [0.4, 0.5) is 0 Å². The predicted octanol–water partition coefficient (Wildman–Crippen LogP) is 3.07. The van der Waals surface area contributed by atoms with Crippen LogP contribution in [-0.2, 0) is 14.9 Å². The normalized spacial score (nSPS) is 13.1. The van der Waals surface area contributed by atoms with Crippen molar-refractivity contribution >= 4 is 16.1 Å². The molecular formula is C14H20O5S. The maximum atomic E-state index is 11.0. The fourth-order valence-corrected chi connectivity index (χ4v) is 2.62. The average Bonchev–Trinajstić information content (AvgIpc) is 2.38. The zero-order valence-electron chi connectivity index (χ0n) is 11.4. The van der Waals surface area contributed by atoms with Crippen LogP contribution >= 0.6 is 0 Å². The minimum Gasteiger partial charge on any atom is -0.481 e. The molecule has 0 aliphatic rings. The smallest absolute Gasteiger partial charge is 0.303 e. The molecule has 20 heavy (non-hydrogen) atoms. The SMILES string of the molecule is CCCCC(CCC(=O)O)c1ccc(S(=O)(=O)O)cc1. The van der Waals surface area contributed by atoms with Crippen LogP contribution in [0.25, 0.3) is 0 Å². The Morgan fingerprint density at radius 1 is 1.20 bits per heavy atom. The number of carboxylic acids is 1. The summed E-state index contributed by atoms with van der Waals surface area (Å²) < 4.78 is 30.9. The van der Waals surface area contributed by atoms with Gasteiger partial charge in [-0.15, -0.1) is 0 Å². The van der Waals surface area contributed by atoms with E-state index in [1.165, 1.54) is 12.1 Å². The second-order valence-corrected chi connectivity index (χ2v) is 6.24. The molecule has 0 amide bonds. The number of hydrogen-bond acceptors (Lipinski definition) is 3. The third-order valence-electron chi connectivity index (χ3n) is 3.26. The standard InChI is InChI=1S/C14H20O5S/c1-2-3-4-11(7-10-14(15)16)12-5-8-13(9-6-12)20(17,18)19/h5-6,8-9,11H,2-4,7,10H2,1H3,(H,15,16)(H,17,18,19). The number of hydrogen-bond donors (Lipinski definition) is 2. The lowest BCUT2D eigenvalue weighted by Gasteiger charge is -2.16. The highest BCUT2D eigenvalue weighted by molar-refractivity contribution is 7.85. The number of aliphatic carboxylic acids is 1. The van der Waals surface area contributed by atoms with E-state index in [1.54, 1.807) is 12.1 Å². The molecule has 1 aromatic carbocycles. The average molecular weight is 300 g/mol. The summed E-state index contributed by atoms with van der Waals surface area (Å²) >= 11 is 0. The van der Waals surface area contributed by atoms with Gasteiger partial charge in [-0.1, -0.05) is 31.9 Å². The van der Waals surface area contributed by atoms with Gasteiger partial charge in [-0.2, -0.15) is 8.42 Å². The number of carbonyl (C=O) groups is 1. The Bertz CT molecular complexity index is 533. The van der Waals surface area contributed by atoms with Crippen LogP contribution in [0.15, 0.2) is 29.2 Å². The first-order chi connectivity index (χ1) is 9.34. The molecule has 5 nitrogen and oxygen atoms in total. The fourth-order valence-electron chi connectivity index (χ4n) is 2.14. The lowest BCUT2D eigenvalue weighted by molar-refractivity contribution is -0.137. The van der Waals surface area contributed by atoms with Gasteiger partial charge in [0.1, 0.15) is 0 Å². The largest absolute Gasteiger partial charge is 0.481 e. The summed E-state index contributed by atoms with van der Waals surface area (Å²) in [5.41, 5.74) is 0.909. The number of carboxylic acid groups (broad SMARTS) is 1. The third-order valence-corrected chi connectivity index (χ3v) is 4.13. The van der Waals surface area contributed by atoms with E-state index in [9.17, 15) is 13.2 Å². The zero-order chi connectivity index (χ0) is 15.2. The molecule has 0 aliphatic carbocycles. The molecule has 0 fully saturated rings. The molecule has 6 heteroatoms. The van der Waals surface area contributed by atoms with Crippen molar-refractivity contribution in [1.82, 2.24) is 0 Å². The number of unbranched alkanes of at least 4 members (excludes halogenated alkanes) is 1. The molecule has 1 rings (SSSR count). The van der Waals surface area contributed by atoms with Gasteiger partial charge in [0.2, 0.25) is 0 Å².